The van der Waals surface area contributed by atoms with Gasteiger partial charge in [0.25, 0.3) is 0 Å². The molecule has 17 heteroatoms. The highest BCUT2D eigenvalue weighted by atomic mass is 32.2. The summed E-state index contributed by atoms with van der Waals surface area (Å²) in [4.78, 5) is 65.8. The fraction of sp³-hybridized carbons (Fsp3) is 0.583. The second-order valence-electron chi connectivity index (χ2n) is 19.6. The largest absolute Gasteiger partial charge is 0.393 e. The molecule has 2 aromatic carbocycles. The molecule has 0 radical (unpaired) electrons. The van der Waals surface area contributed by atoms with E-state index in [9.17, 15) is 23.4 Å². The second-order valence-corrected chi connectivity index (χ2v) is 21.3. The van der Waals surface area contributed by atoms with Gasteiger partial charge in [-0.15, -0.1) is 0 Å². The van der Waals surface area contributed by atoms with Crippen LogP contribution in [0.25, 0.3) is 0 Å². The molecule has 4 N–H and O–H groups in total. The van der Waals surface area contributed by atoms with Gasteiger partial charge in [0, 0.05) is 67.7 Å². The second kappa shape index (κ2) is 18.7. The van der Waals surface area contributed by atoms with Crippen molar-refractivity contribution in [1.82, 2.24) is 20.2 Å². The third-order valence-electron chi connectivity index (χ3n) is 15.3. The number of aromatic nitrogens is 2. The van der Waals surface area contributed by atoms with Crippen LogP contribution in [0.1, 0.15) is 102 Å². The lowest BCUT2D eigenvalue weighted by molar-refractivity contribution is -0.134. The molecule has 348 valence electrons. The molecular formula is C48H62FN9O6S. The first-order chi connectivity index (χ1) is 31.3. The summed E-state index contributed by atoms with van der Waals surface area (Å²) in [5, 5.41) is 17.5. The molecule has 10 rings (SSSR count). The molecule has 5 heterocycles. The van der Waals surface area contributed by atoms with Crippen LogP contribution >= 0.6 is 0 Å². The Bertz CT molecular complexity index is 2300. The van der Waals surface area contributed by atoms with Gasteiger partial charge >= 0.3 is 0 Å². The Balaban J connectivity index is 0.000000697. The van der Waals surface area contributed by atoms with Crippen molar-refractivity contribution in [2.75, 3.05) is 72.2 Å². The number of hydrogen-bond acceptors (Lipinski definition) is 12. The molecule has 2 spiro atoms. The van der Waals surface area contributed by atoms with Crippen molar-refractivity contribution in [2.45, 2.75) is 124 Å². The number of anilines is 6. The number of imide groups is 1. The van der Waals surface area contributed by atoms with Gasteiger partial charge in [0.05, 0.1) is 33.7 Å². The average molecular weight is 912 g/mol. The van der Waals surface area contributed by atoms with E-state index in [2.05, 4.69) is 35.7 Å². The maximum atomic E-state index is 16.3. The number of fused-ring (bicyclic) bond motifs is 2. The van der Waals surface area contributed by atoms with E-state index in [1.165, 1.54) is 31.2 Å². The number of likely N-dealkylation sites (tertiary alicyclic amines) is 1. The maximum Gasteiger partial charge on any atom is 0.249 e. The lowest BCUT2D eigenvalue weighted by atomic mass is 9.63. The van der Waals surface area contributed by atoms with Gasteiger partial charge in [-0.2, -0.15) is 4.98 Å². The minimum absolute atomic E-state index is 0.0123. The average Bonchev–Trinajstić information content (AvgIpc) is 4.06. The van der Waals surface area contributed by atoms with Gasteiger partial charge in [-0.1, -0.05) is 19.3 Å². The molecular weight excluding hydrogens is 850 g/mol. The highest BCUT2D eigenvalue weighted by molar-refractivity contribution is 7.85. The zero-order valence-electron chi connectivity index (χ0n) is 37.5. The van der Waals surface area contributed by atoms with Crippen LogP contribution in [0.4, 0.5) is 38.9 Å². The molecule has 2 atom stereocenters. The number of amides is 4. The van der Waals surface area contributed by atoms with Gasteiger partial charge in [0.2, 0.25) is 30.1 Å². The molecule has 15 nitrogen and oxygen atoms in total. The zero-order chi connectivity index (χ0) is 45.5. The van der Waals surface area contributed by atoms with E-state index in [-0.39, 0.29) is 40.7 Å². The number of nitrogens with one attached hydrogen (secondary N) is 3. The summed E-state index contributed by atoms with van der Waals surface area (Å²) in [6.45, 7) is 4.50. The van der Waals surface area contributed by atoms with E-state index in [1.807, 2.05) is 24.3 Å². The van der Waals surface area contributed by atoms with Crippen molar-refractivity contribution < 1.29 is 32.9 Å². The van der Waals surface area contributed by atoms with E-state index in [1.54, 1.807) is 30.3 Å². The molecule has 3 saturated heterocycles. The summed E-state index contributed by atoms with van der Waals surface area (Å²) < 4.78 is 29.9. The molecule has 3 saturated carbocycles. The first kappa shape index (κ1) is 45.2. The third-order valence-corrected chi connectivity index (χ3v) is 17.0. The summed E-state index contributed by atoms with van der Waals surface area (Å²) in [5.74, 6) is 0.273. The molecule has 4 amide bonds. The summed E-state index contributed by atoms with van der Waals surface area (Å²) in [7, 11) is 2.12. The van der Waals surface area contributed by atoms with Crippen molar-refractivity contribution in [3.05, 3.63) is 54.0 Å². The number of hydrogen-bond donors (Lipinski definition) is 4. The minimum atomic E-state index is -1.08. The lowest BCUT2D eigenvalue weighted by Crippen LogP contribution is -2.51. The van der Waals surface area contributed by atoms with E-state index >= 15 is 4.39 Å². The van der Waals surface area contributed by atoms with Crippen LogP contribution in [0.3, 0.4) is 0 Å². The minimum Gasteiger partial charge on any atom is -0.393 e. The van der Waals surface area contributed by atoms with Gasteiger partial charge in [0.1, 0.15) is 17.5 Å². The van der Waals surface area contributed by atoms with Gasteiger partial charge < -0.3 is 35.3 Å². The van der Waals surface area contributed by atoms with E-state index in [0.717, 1.165) is 100.0 Å². The molecule has 3 aromatic rings. The van der Waals surface area contributed by atoms with Crippen LogP contribution in [-0.2, 0) is 35.4 Å². The fourth-order valence-corrected chi connectivity index (χ4v) is 12.8. The van der Waals surface area contributed by atoms with Gasteiger partial charge in [-0.05, 0) is 131 Å². The standard InChI is InChI=1S/C42H50FN9O5S.C6H12O/c1-49(25-53)36-32(50(2)33-9-10-34(54)46-38(33)55)8-7-31(35(36)43)52-17-11-26(12-18-52)24-51-19-15-41(16-20-51)21-29(22-41)58(57)28-5-3-27(4-6-28)45-40-44-23-30-37(48-40)47-39(56)42(30)13-14-42;7-6-4-2-1-3-5-6/h3-8,23,25-26,29,33H,9-22,24H2,1-2H3,(H,46,54,55)(H2,44,45,47,48,56);6-7H,1-5H2. The van der Waals surface area contributed by atoms with Crippen molar-refractivity contribution in [2.24, 2.45) is 11.3 Å². The van der Waals surface area contributed by atoms with Crippen molar-refractivity contribution >= 4 is 69.4 Å². The summed E-state index contributed by atoms with van der Waals surface area (Å²) in [6, 6.07) is 10.5. The predicted octanol–water partition coefficient (Wildman–Crippen LogP) is 5.76. The Morgan fingerprint density at radius 3 is 2.26 bits per heavy atom. The van der Waals surface area contributed by atoms with E-state index < -0.39 is 34.0 Å². The molecule has 3 aliphatic carbocycles. The topological polar surface area (TPSA) is 180 Å². The monoisotopic (exact) mass is 911 g/mol. The summed E-state index contributed by atoms with van der Waals surface area (Å²) >= 11 is 0. The Kier molecular flexibility index (Phi) is 13.0. The lowest BCUT2D eigenvalue weighted by Gasteiger charge is -2.52. The number of halogens is 1. The van der Waals surface area contributed by atoms with Crippen molar-refractivity contribution in [3.8, 4) is 0 Å². The molecule has 1 aromatic heterocycles. The quantitative estimate of drug-likeness (QED) is 0.135. The van der Waals surface area contributed by atoms with Crippen LogP contribution in [0.15, 0.2) is 47.5 Å². The molecule has 2 unspecified atom stereocenters. The highest BCUT2D eigenvalue weighted by Gasteiger charge is 2.57. The number of carbonyl (C=O) groups excluding carboxylic acids is 4. The fourth-order valence-electron chi connectivity index (χ4n) is 11.0. The molecule has 6 fully saturated rings. The number of rotatable bonds is 11. The van der Waals surface area contributed by atoms with Crippen LogP contribution < -0.4 is 30.7 Å². The SMILES string of the molecule is CN(C=O)c1c(N(C)C2CCC(=O)NC2=O)ccc(N2CCC(CN3CCC4(CC3)CC(S(=O)c3ccc(Nc5ncc6c(n5)NC(=O)C65CC5)cc3)C4)CC2)c1F.OC1CCCCC1. The number of nitrogens with zero attached hydrogens (tertiary/aromatic N) is 6. The number of piperidine rings is 3. The van der Waals surface area contributed by atoms with Gasteiger partial charge in [-0.25, -0.2) is 9.37 Å². The molecule has 7 aliphatic rings. The van der Waals surface area contributed by atoms with E-state index in [0.29, 0.717) is 55.0 Å². The van der Waals surface area contributed by atoms with Crippen LogP contribution in [-0.4, -0.2) is 113 Å². The Morgan fingerprint density at radius 2 is 1.63 bits per heavy atom. The van der Waals surface area contributed by atoms with Crippen molar-refractivity contribution in [1.29, 1.82) is 0 Å². The Hall–Kier alpha value is -5.00. The smallest absolute Gasteiger partial charge is 0.249 e. The number of benzene rings is 2. The molecule has 0 bridgehead atoms. The summed E-state index contributed by atoms with van der Waals surface area (Å²) in [5.41, 5.74) is 2.51. The number of aliphatic hydroxyl groups excluding tert-OH is 1. The first-order valence-corrected chi connectivity index (χ1v) is 24.8. The number of carbonyl (C=O) groups is 4. The van der Waals surface area contributed by atoms with E-state index in [4.69, 9.17) is 5.11 Å². The van der Waals surface area contributed by atoms with Gasteiger partial charge in [-0.3, -0.25) is 28.7 Å². The van der Waals surface area contributed by atoms with Crippen molar-refractivity contribution in [3.63, 3.8) is 0 Å². The normalized spacial score (nSPS) is 23.4. The Labute approximate surface area is 382 Å². The zero-order valence-corrected chi connectivity index (χ0v) is 38.3. The van der Waals surface area contributed by atoms with Gasteiger partial charge in [0.15, 0.2) is 5.82 Å². The number of likely N-dealkylation sites (N-methyl/N-ethyl adjacent to an activating group) is 1. The van der Waals surface area contributed by atoms with Crippen LogP contribution in [0.5, 0.6) is 0 Å². The van der Waals surface area contributed by atoms with Crippen LogP contribution in [0.2, 0.25) is 0 Å². The first-order valence-electron chi connectivity index (χ1n) is 23.5. The maximum absolute atomic E-state index is 16.3. The number of aliphatic hydroxyl groups is 1. The van der Waals surface area contributed by atoms with Crippen LogP contribution in [0, 0.1) is 17.2 Å². The highest BCUT2D eigenvalue weighted by Crippen LogP contribution is 2.55. The molecule has 4 aliphatic heterocycles. The third kappa shape index (κ3) is 9.37. The Morgan fingerprint density at radius 1 is 0.923 bits per heavy atom. The molecule has 65 heavy (non-hydrogen) atoms. The predicted molar refractivity (Wildman–Crippen MR) is 248 cm³/mol. The summed E-state index contributed by atoms with van der Waals surface area (Å²) in [6.07, 6.45) is 16.5.